The summed E-state index contributed by atoms with van der Waals surface area (Å²) in [4.78, 5) is 24.2. The zero-order valence-electron chi connectivity index (χ0n) is 16.5. The third kappa shape index (κ3) is 3.61. The van der Waals surface area contributed by atoms with E-state index in [1.165, 1.54) is 26.4 Å². The van der Waals surface area contributed by atoms with E-state index in [1.54, 1.807) is 29.8 Å². The molecule has 0 spiro atoms. The van der Waals surface area contributed by atoms with Gasteiger partial charge >= 0.3 is 0 Å². The smallest absolute Gasteiger partial charge is 0.258 e. The van der Waals surface area contributed by atoms with Gasteiger partial charge in [0.05, 0.1) is 36.5 Å². The maximum atomic E-state index is 13.6. The Morgan fingerprint density at radius 3 is 2.33 bits per heavy atom. The Hall–Kier alpha value is -3.75. The van der Waals surface area contributed by atoms with Crippen molar-refractivity contribution in [2.45, 2.75) is 13.3 Å². The highest BCUT2D eigenvalue weighted by Crippen LogP contribution is 2.30. The second kappa shape index (κ2) is 7.58. The molecule has 0 fully saturated rings. The number of fused-ring (bicyclic) bond motifs is 1. The number of rotatable bonds is 5. The molecule has 0 amide bonds. The number of aromatic nitrogens is 4. The summed E-state index contributed by atoms with van der Waals surface area (Å²) in [6.45, 7) is 1.72. The van der Waals surface area contributed by atoms with Gasteiger partial charge in [0.25, 0.3) is 5.56 Å². The van der Waals surface area contributed by atoms with Crippen LogP contribution in [0.15, 0.2) is 41.3 Å². The lowest BCUT2D eigenvalue weighted by atomic mass is 10.2. The Labute approximate surface area is 169 Å². The van der Waals surface area contributed by atoms with Crippen LogP contribution in [0.25, 0.3) is 16.6 Å². The Bertz CT molecular complexity index is 1290. The minimum absolute atomic E-state index is 0.227. The zero-order valence-corrected chi connectivity index (χ0v) is 16.5. The molecule has 0 aliphatic rings. The molecule has 0 saturated heterocycles. The van der Waals surface area contributed by atoms with E-state index in [9.17, 15) is 13.6 Å². The van der Waals surface area contributed by atoms with Gasteiger partial charge in [0.2, 0.25) is 0 Å². The summed E-state index contributed by atoms with van der Waals surface area (Å²) in [7, 11) is 2.99. The number of imidazole rings is 1. The number of nitrogens with one attached hydrogen (secondary N) is 1. The second-order valence-corrected chi connectivity index (χ2v) is 6.69. The molecule has 1 N–H and O–H groups in total. The predicted molar refractivity (Wildman–Crippen MR) is 106 cm³/mol. The van der Waals surface area contributed by atoms with Crippen molar-refractivity contribution < 1.29 is 18.3 Å². The molecule has 2 aromatic carbocycles. The first-order valence-electron chi connectivity index (χ1n) is 9.04. The molecule has 4 rings (SSSR count). The first kappa shape index (κ1) is 19.6. The van der Waals surface area contributed by atoms with Crippen molar-refractivity contribution in [1.29, 1.82) is 0 Å². The number of benzene rings is 2. The number of methoxy groups -OCH3 is 2. The molecular weight excluding hydrogens is 394 g/mol. The maximum absolute atomic E-state index is 13.6. The number of aromatic amines is 1. The van der Waals surface area contributed by atoms with Gasteiger partial charge in [-0.1, -0.05) is 0 Å². The van der Waals surface area contributed by atoms with E-state index in [0.29, 0.717) is 45.4 Å². The van der Waals surface area contributed by atoms with Crippen LogP contribution in [-0.2, 0) is 6.42 Å². The quantitative estimate of drug-likeness (QED) is 0.544. The van der Waals surface area contributed by atoms with Crippen LogP contribution in [-0.4, -0.2) is 33.7 Å². The molecule has 7 nitrogen and oxygen atoms in total. The molecule has 0 radical (unpaired) electrons. The molecule has 9 heteroatoms. The fraction of sp³-hybridized carbons (Fsp3) is 0.190. The molecule has 4 aromatic rings. The summed E-state index contributed by atoms with van der Waals surface area (Å²) >= 11 is 0. The van der Waals surface area contributed by atoms with E-state index in [2.05, 4.69) is 15.0 Å². The highest BCUT2D eigenvalue weighted by atomic mass is 19.1. The maximum Gasteiger partial charge on any atom is 0.258 e. The molecule has 0 saturated carbocycles. The topological polar surface area (TPSA) is 82.0 Å². The lowest BCUT2D eigenvalue weighted by molar-refractivity contribution is 0.355. The summed E-state index contributed by atoms with van der Waals surface area (Å²) in [5.41, 5.74) is 1.04. The number of hydrogen-bond donors (Lipinski definition) is 1. The first-order chi connectivity index (χ1) is 14.4. The van der Waals surface area contributed by atoms with Crippen LogP contribution < -0.4 is 15.0 Å². The van der Waals surface area contributed by atoms with E-state index < -0.39 is 11.6 Å². The first-order valence-corrected chi connectivity index (χ1v) is 9.04. The highest BCUT2D eigenvalue weighted by molar-refractivity contribution is 5.81. The number of nitrogens with zero attached hydrogens (tertiary/aromatic N) is 3. The van der Waals surface area contributed by atoms with Gasteiger partial charge in [-0.2, -0.15) is 0 Å². The van der Waals surface area contributed by atoms with Crippen LogP contribution in [0.3, 0.4) is 0 Å². The monoisotopic (exact) mass is 412 g/mol. The summed E-state index contributed by atoms with van der Waals surface area (Å²) < 4.78 is 39.2. The van der Waals surface area contributed by atoms with Gasteiger partial charge in [-0.15, -0.1) is 0 Å². The largest absolute Gasteiger partial charge is 0.493 e. The Kier molecular flexibility index (Phi) is 4.94. The van der Waals surface area contributed by atoms with Crippen molar-refractivity contribution in [2.75, 3.05) is 14.2 Å². The Balaban J connectivity index is 1.72. The van der Waals surface area contributed by atoms with Crippen molar-refractivity contribution in [2.24, 2.45) is 0 Å². The standard InChI is InChI=1S/C21H18F2N4O3/c1-11-24-14(10-27(11)15-5-12(22)4-13(23)6-15)7-20-25-17-9-19(30-3)18(29-2)8-16(17)21(28)26-20/h4-6,8-10H,7H2,1-3H3,(H,25,26,28). The number of H-pyrrole nitrogens is 1. The average Bonchev–Trinajstić information content (AvgIpc) is 3.06. The van der Waals surface area contributed by atoms with Crippen LogP contribution in [0.4, 0.5) is 8.78 Å². The number of hydrogen-bond acceptors (Lipinski definition) is 5. The summed E-state index contributed by atoms with van der Waals surface area (Å²) in [5.74, 6) is 0.484. The van der Waals surface area contributed by atoms with E-state index in [-0.39, 0.29) is 12.0 Å². The SMILES string of the molecule is COc1cc2nc(Cc3cn(-c4cc(F)cc(F)c4)c(C)n3)[nH]c(=O)c2cc1OC. The van der Waals surface area contributed by atoms with Gasteiger partial charge in [-0.05, 0) is 25.1 Å². The highest BCUT2D eigenvalue weighted by Gasteiger charge is 2.14. The third-order valence-electron chi connectivity index (χ3n) is 4.67. The van der Waals surface area contributed by atoms with Gasteiger partial charge in [0, 0.05) is 24.8 Å². The minimum atomic E-state index is -0.676. The van der Waals surface area contributed by atoms with Crippen molar-refractivity contribution in [3.05, 3.63) is 75.9 Å². The van der Waals surface area contributed by atoms with E-state index in [4.69, 9.17) is 9.47 Å². The number of halogens is 2. The Morgan fingerprint density at radius 2 is 1.67 bits per heavy atom. The van der Waals surface area contributed by atoms with Gasteiger partial charge < -0.3 is 19.0 Å². The fourth-order valence-electron chi connectivity index (χ4n) is 3.33. The van der Waals surface area contributed by atoms with Crippen molar-refractivity contribution in [1.82, 2.24) is 19.5 Å². The summed E-state index contributed by atoms with van der Waals surface area (Å²) in [6, 6.07) is 6.45. The van der Waals surface area contributed by atoms with Crippen LogP contribution in [0.2, 0.25) is 0 Å². The van der Waals surface area contributed by atoms with Crippen molar-refractivity contribution >= 4 is 10.9 Å². The summed E-state index contributed by atoms with van der Waals surface area (Å²) in [5, 5.41) is 0.369. The molecular formula is C21H18F2N4O3. The molecule has 0 aliphatic carbocycles. The van der Waals surface area contributed by atoms with Crippen molar-refractivity contribution in [3.8, 4) is 17.2 Å². The van der Waals surface area contributed by atoms with Gasteiger partial charge in [-0.3, -0.25) is 4.79 Å². The van der Waals surface area contributed by atoms with Gasteiger partial charge in [-0.25, -0.2) is 18.7 Å². The molecule has 2 aromatic heterocycles. The normalized spacial score (nSPS) is 11.1. The van der Waals surface area contributed by atoms with Crippen molar-refractivity contribution in [3.63, 3.8) is 0 Å². The minimum Gasteiger partial charge on any atom is -0.493 e. The Morgan fingerprint density at radius 1 is 1.00 bits per heavy atom. The summed E-state index contributed by atoms with van der Waals surface area (Å²) in [6.07, 6.45) is 1.88. The zero-order chi connectivity index (χ0) is 21.4. The molecule has 2 heterocycles. The molecule has 0 atom stereocenters. The van der Waals surface area contributed by atoms with E-state index in [1.807, 2.05) is 0 Å². The molecule has 0 bridgehead atoms. The lowest BCUT2D eigenvalue weighted by Crippen LogP contribution is -2.12. The lowest BCUT2D eigenvalue weighted by Gasteiger charge is -2.09. The van der Waals surface area contributed by atoms with E-state index in [0.717, 1.165) is 6.07 Å². The molecule has 0 aliphatic heterocycles. The van der Waals surface area contributed by atoms with Gasteiger partial charge in [0.15, 0.2) is 11.5 Å². The predicted octanol–water partition coefficient (Wildman–Crippen LogP) is 3.30. The van der Waals surface area contributed by atoms with Crippen LogP contribution in [0.5, 0.6) is 11.5 Å². The van der Waals surface area contributed by atoms with E-state index >= 15 is 0 Å². The average molecular weight is 412 g/mol. The number of ether oxygens (including phenoxy) is 2. The molecule has 154 valence electrons. The van der Waals surface area contributed by atoms with Crippen LogP contribution in [0.1, 0.15) is 17.3 Å². The number of aryl methyl sites for hydroxylation is 1. The molecule has 30 heavy (non-hydrogen) atoms. The third-order valence-corrected chi connectivity index (χ3v) is 4.67. The van der Waals surface area contributed by atoms with Crippen LogP contribution in [0, 0.1) is 18.6 Å². The van der Waals surface area contributed by atoms with Gasteiger partial charge in [0.1, 0.15) is 23.3 Å². The fourth-order valence-corrected chi connectivity index (χ4v) is 3.33. The van der Waals surface area contributed by atoms with Crippen LogP contribution >= 0.6 is 0 Å². The second-order valence-electron chi connectivity index (χ2n) is 6.69. The molecule has 0 unspecified atom stereocenters.